The molecule has 0 amide bonds. The van der Waals surface area contributed by atoms with Gasteiger partial charge in [-0.15, -0.1) is 0 Å². The number of hydrazine groups is 1. The Labute approximate surface area is 112 Å². The molecule has 0 aliphatic rings. The second-order valence-electron chi connectivity index (χ2n) is 3.32. The Morgan fingerprint density at radius 1 is 1.16 bits per heavy atom. The lowest BCUT2D eigenvalue weighted by Crippen LogP contribution is -2.12. The van der Waals surface area contributed by atoms with Gasteiger partial charge in [-0.1, -0.05) is 0 Å². The molecular weight excluding hydrogens is 274 g/mol. The summed E-state index contributed by atoms with van der Waals surface area (Å²) in [7, 11) is 0. The number of aromatic nitrogens is 3. The van der Waals surface area contributed by atoms with Gasteiger partial charge in [-0.25, -0.2) is 5.84 Å². The van der Waals surface area contributed by atoms with E-state index in [9.17, 15) is 10.1 Å². The van der Waals surface area contributed by atoms with Crippen LogP contribution in [0.5, 0.6) is 0 Å². The number of hydrogen-bond donors (Lipinski definition) is 3. The van der Waals surface area contributed by atoms with E-state index in [2.05, 4.69) is 25.7 Å². The fraction of sp³-hybridized carbons (Fsp3) is 0. The molecular formula is C9H8ClN7O2. The van der Waals surface area contributed by atoms with Crippen molar-refractivity contribution in [2.45, 2.75) is 0 Å². The van der Waals surface area contributed by atoms with E-state index < -0.39 is 4.92 Å². The number of nitro groups is 1. The van der Waals surface area contributed by atoms with Crippen molar-refractivity contribution >= 4 is 34.9 Å². The number of rotatable bonds is 4. The van der Waals surface area contributed by atoms with Crippen LogP contribution in [0.3, 0.4) is 0 Å². The number of halogens is 1. The molecule has 0 aliphatic heterocycles. The third-order valence-corrected chi connectivity index (χ3v) is 2.24. The molecule has 0 bridgehead atoms. The first-order valence-corrected chi connectivity index (χ1v) is 5.36. The van der Waals surface area contributed by atoms with Gasteiger partial charge in [0.2, 0.25) is 17.2 Å². The van der Waals surface area contributed by atoms with Gasteiger partial charge >= 0.3 is 0 Å². The van der Waals surface area contributed by atoms with Crippen molar-refractivity contribution in [2.75, 3.05) is 10.7 Å². The highest BCUT2D eigenvalue weighted by molar-refractivity contribution is 6.28. The Morgan fingerprint density at radius 3 is 2.37 bits per heavy atom. The molecule has 10 heteroatoms. The van der Waals surface area contributed by atoms with Crippen LogP contribution >= 0.6 is 11.6 Å². The zero-order valence-electron chi connectivity index (χ0n) is 9.37. The molecule has 0 aliphatic carbocycles. The SMILES string of the molecule is NNc1nc(Cl)nc(Nc2ccc([N+](=O)[O-])cc2)n1. The topological polar surface area (TPSA) is 132 Å². The third-order valence-electron chi connectivity index (χ3n) is 2.07. The number of non-ortho nitro benzene ring substituents is 1. The minimum absolute atomic E-state index is 0.0106. The number of nitrogens with two attached hydrogens (primary N) is 1. The molecule has 0 saturated carbocycles. The van der Waals surface area contributed by atoms with Gasteiger partial charge in [0.1, 0.15) is 0 Å². The second-order valence-corrected chi connectivity index (χ2v) is 3.66. The Morgan fingerprint density at radius 2 is 1.79 bits per heavy atom. The summed E-state index contributed by atoms with van der Waals surface area (Å²) < 4.78 is 0. The number of nitrogens with one attached hydrogen (secondary N) is 2. The van der Waals surface area contributed by atoms with E-state index in [0.29, 0.717) is 5.69 Å². The van der Waals surface area contributed by atoms with Gasteiger partial charge in [0.25, 0.3) is 5.69 Å². The van der Waals surface area contributed by atoms with Crippen molar-refractivity contribution in [3.8, 4) is 0 Å². The Kier molecular flexibility index (Phi) is 3.68. The van der Waals surface area contributed by atoms with Crippen LogP contribution in [0.25, 0.3) is 0 Å². The van der Waals surface area contributed by atoms with Crippen molar-refractivity contribution < 1.29 is 4.92 Å². The van der Waals surface area contributed by atoms with Gasteiger partial charge in [0.05, 0.1) is 4.92 Å². The van der Waals surface area contributed by atoms with E-state index in [0.717, 1.165) is 0 Å². The van der Waals surface area contributed by atoms with Crippen molar-refractivity contribution in [1.82, 2.24) is 15.0 Å². The van der Waals surface area contributed by atoms with Crippen LogP contribution in [0.2, 0.25) is 5.28 Å². The molecule has 0 fully saturated rings. The van der Waals surface area contributed by atoms with Crippen LogP contribution in [-0.2, 0) is 0 Å². The summed E-state index contributed by atoms with van der Waals surface area (Å²) in [5, 5.41) is 13.3. The number of nitrogens with zero attached hydrogens (tertiary/aromatic N) is 4. The summed E-state index contributed by atoms with van der Waals surface area (Å²) in [5.41, 5.74) is 2.80. The van der Waals surface area contributed by atoms with Crippen LogP contribution in [0, 0.1) is 10.1 Å². The Bertz CT molecular complexity index is 604. The maximum absolute atomic E-state index is 10.5. The Hall–Kier alpha value is -2.52. The predicted octanol–water partition coefficient (Wildman–Crippen LogP) is 1.46. The van der Waals surface area contributed by atoms with E-state index >= 15 is 0 Å². The Balaban J connectivity index is 2.21. The highest BCUT2D eigenvalue weighted by atomic mass is 35.5. The molecule has 1 aromatic carbocycles. The summed E-state index contributed by atoms with van der Waals surface area (Å²) in [6.07, 6.45) is 0. The highest BCUT2D eigenvalue weighted by Crippen LogP contribution is 2.19. The van der Waals surface area contributed by atoms with Crippen molar-refractivity contribution in [3.63, 3.8) is 0 Å². The molecule has 2 rings (SSSR count). The molecule has 98 valence electrons. The molecule has 0 saturated heterocycles. The van der Waals surface area contributed by atoms with Crippen LogP contribution in [0.4, 0.5) is 23.3 Å². The monoisotopic (exact) mass is 281 g/mol. The van der Waals surface area contributed by atoms with Crippen molar-refractivity contribution in [3.05, 3.63) is 39.7 Å². The smallest absolute Gasteiger partial charge is 0.269 e. The maximum Gasteiger partial charge on any atom is 0.269 e. The highest BCUT2D eigenvalue weighted by Gasteiger charge is 2.07. The van der Waals surface area contributed by atoms with Gasteiger partial charge < -0.3 is 5.32 Å². The van der Waals surface area contributed by atoms with Crippen LogP contribution in [0.15, 0.2) is 24.3 Å². The largest absolute Gasteiger partial charge is 0.324 e. The van der Waals surface area contributed by atoms with E-state index in [-0.39, 0.29) is 22.9 Å². The maximum atomic E-state index is 10.5. The molecule has 2 aromatic rings. The summed E-state index contributed by atoms with van der Waals surface area (Å²) in [4.78, 5) is 21.5. The van der Waals surface area contributed by atoms with E-state index in [4.69, 9.17) is 17.4 Å². The average molecular weight is 282 g/mol. The second kappa shape index (κ2) is 5.42. The standard InChI is InChI=1S/C9H8ClN7O2/c10-7-13-8(15-9(14-7)16-11)12-5-1-3-6(4-2-5)17(18)19/h1-4H,11H2,(H2,12,13,14,15,16). The number of benzene rings is 1. The predicted molar refractivity (Wildman–Crippen MR) is 69.0 cm³/mol. The lowest BCUT2D eigenvalue weighted by molar-refractivity contribution is -0.384. The fourth-order valence-electron chi connectivity index (χ4n) is 1.27. The molecule has 1 heterocycles. The average Bonchev–Trinajstić information content (AvgIpc) is 2.38. The fourth-order valence-corrected chi connectivity index (χ4v) is 1.43. The van der Waals surface area contributed by atoms with Crippen molar-refractivity contribution in [2.24, 2.45) is 5.84 Å². The first-order chi connectivity index (χ1) is 9.08. The zero-order chi connectivity index (χ0) is 13.8. The normalized spacial score (nSPS) is 10.0. The molecule has 0 spiro atoms. The van der Waals surface area contributed by atoms with Crippen LogP contribution < -0.4 is 16.6 Å². The van der Waals surface area contributed by atoms with E-state index in [1.165, 1.54) is 24.3 Å². The quantitative estimate of drug-likeness (QED) is 0.436. The van der Waals surface area contributed by atoms with E-state index in [1.807, 2.05) is 0 Å². The lowest BCUT2D eigenvalue weighted by atomic mass is 10.3. The summed E-state index contributed by atoms with van der Waals surface area (Å²) in [5.74, 6) is 5.44. The van der Waals surface area contributed by atoms with Gasteiger partial charge in [-0.05, 0) is 23.7 Å². The van der Waals surface area contributed by atoms with Gasteiger partial charge in [0, 0.05) is 17.8 Å². The van der Waals surface area contributed by atoms with Gasteiger partial charge in [0.15, 0.2) is 0 Å². The molecule has 1 aromatic heterocycles. The van der Waals surface area contributed by atoms with Gasteiger partial charge in [-0.2, -0.15) is 15.0 Å². The molecule has 19 heavy (non-hydrogen) atoms. The molecule has 0 atom stereocenters. The van der Waals surface area contributed by atoms with Crippen LogP contribution in [0.1, 0.15) is 0 Å². The number of hydrogen-bond acceptors (Lipinski definition) is 8. The molecule has 0 radical (unpaired) electrons. The molecule has 9 nitrogen and oxygen atoms in total. The van der Waals surface area contributed by atoms with E-state index in [1.54, 1.807) is 0 Å². The number of nitro benzene ring substituents is 1. The first-order valence-electron chi connectivity index (χ1n) is 4.98. The minimum Gasteiger partial charge on any atom is -0.324 e. The lowest BCUT2D eigenvalue weighted by Gasteiger charge is -2.05. The minimum atomic E-state index is -0.486. The summed E-state index contributed by atoms with van der Waals surface area (Å²) in [6.45, 7) is 0. The summed E-state index contributed by atoms with van der Waals surface area (Å²) in [6, 6.07) is 5.75. The first kappa shape index (κ1) is 12.9. The molecule has 0 unspecified atom stereocenters. The van der Waals surface area contributed by atoms with Crippen molar-refractivity contribution in [1.29, 1.82) is 0 Å². The number of anilines is 3. The molecule has 4 N–H and O–H groups in total. The summed E-state index contributed by atoms with van der Waals surface area (Å²) >= 11 is 5.67. The third kappa shape index (κ3) is 3.24. The number of nitrogen functional groups attached to an aromatic ring is 1. The van der Waals surface area contributed by atoms with Gasteiger partial charge in [-0.3, -0.25) is 15.5 Å². The zero-order valence-corrected chi connectivity index (χ0v) is 10.1. The van der Waals surface area contributed by atoms with Crippen LogP contribution in [-0.4, -0.2) is 19.9 Å².